The molecule has 18 heavy (non-hydrogen) atoms. The monoisotopic (exact) mass is 306 g/mol. The number of aromatic hydroxyl groups is 1. The summed E-state index contributed by atoms with van der Waals surface area (Å²) < 4.78 is 0.819. The number of carbonyl (C=O) groups is 1. The van der Waals surface area contributed by atoms with Crippen LogP contribution in [0.4, 0.5) is 5.69 Å². The Labute approximate surface area is 113 Å². The molecule has 0 aliphatic rings. The van der Waals surface area contributed by atoms with E-state index in [4.69, 9.17) is 0 Å². The van der Waals surface area contributed by atoms with Gasteiger partial charge in [0, 0.05) is 29.5 Å². The molecule has 1 heterocycles. The lowest BCUT2D eigenvalue weighted by atomic mass is 10.2. The highest BCUT2D eigenvalue weighted by Crippen LogP contribution is 2.20. The standard InChI is InChI=1S/C13H11BrN2O2/c1-16(10-3-2-4-11(17)7-10)13(18)12-6-5-9(14)8-15-12/h2-8,17H,1H3. The quantitative estimate of drug-likeness (QED) is 0.928. The molecule has 2 rings (SSSR count). The number of pyridine rings is 1. The van der Waals surface area contributed by atoms with Crippen molar-refractivity contribution in [3.63, 3.8) is 0 Å². The van der Waals surface area contributed by atoms with E-state index in [9.17, 15) is 9.90 Å². The van der Waals surface area contributed by atoms with Crippen molar-refractivity contribution in [3.05, 3.63) is 52.8 Å². The number of phenolic OH excluding ortho intramolecular Hbond substituents is 1. The molecule has 0 spiro atoms. The highest BCUT2D eigenvalue weighted by atomic mass is 79.9. The summed E-state index contributed by atoms with van der Waals surface area (Å²) in [6.07, 6.45) is 1.57. The Bertz CT molecular complexity index is 569. The van der Waals surface area contributed by atoms with Crippen molar-refractivity contribution in [2.24, 2.45) is 0 Å². The third-order valence-corrected chi connectivity index (χ3v) is 2.94. The third kappa shape index (κ3) is 2.68. The van der Waals surface area contributed by atoms with Gasteiger partial charge in [0.1, 0.15) is 11.4 Å². The van der Waals surface area contributed by atoms with Gasteiger partial charge in [-0.15, -0.1) is 0 Å². The maximum atomic E-state index is 12.1. The summed E-state index contributed by atoms with van der Waals surface area (Å²) in [4.78, 5) is 17.6. The Morgan fingerprint density at radius 2 is 2.11 bits per heavy atom. The Morgan fingerprint density at radius 1 is 1.33 bits per heavy atom. The van der Waals surface area contributed by atoms with Gasteiger partial charge < -0.3 is 10.0 Å². The molecule has 1 aromatic carbocycles. The number of halogens is 1. The SMILES string of the molecule is CN(C(=O)c1ccc(Br)cn1)c1cccc(O)c1. The Balaban J connectivity index is 2.26. The molecule has 0 atom stereocenters. The van der Waals surface area contributed by atoms with Crippen LogP contribution in [0.15, 0.2) is 47.1 Å². The molecule has 0 saturated carbocycles. The van der Waals surface area contributed by atoms with Crippen LogP contribution in [-0.4, -0.2) is 23.0 Å². The van der Waals surface area contributed by atoms with Crippen molar-refractivity contribution in [1.29, 1.82) is 0 Å². The van der Waals surface area contributed by atoms with E-state index in [-0.39, 0.29) is 11.7 Å². The fraction of sp³-hybridized carbons (Fsp3) is 0.0769. The van der Waals surface area contributed by atoms with E-state index in [1.54, 1.807) is 43.6 Å². The highest BCUT2D eigenvalue weighted by molar-refractivity contribution is 9.10. The zero-order valence-electron chi connectivity index (χ0n) is 9.67. The van der Waals surface area contributed by atoms with E-state index in [1.807, 2.05) is 0 Å². The first kappa shape index (κ1) is 12.6. The minimum absolute atomic E-state index is 0.121. The minimum Gasteiger partial charge on any atom is -0.508 e. The summed E-state index contributed by atoms with van der Waals surface area (Å²) in [6.45, 7) is 0. The van der Waals surface area contributed by atoms with Gasteiger partial charge in [-0.2, -0.15) is 0 Å². The van der Waals surface area contributed by atoms with Crippen LogP contribution >= 0.6 is 15.9 Å². The van der Waals surface area contributed by atoms with Crippen molar-refractivity contribution in [2.75, 3.05) is 11.9 Å². The van der Waals surface area contributed by atoms with Gasteiger partial charge in [-0.1, -0.05) is 6.07 Å². The lowest BCUT2D eigenvalue weighted by Crippen LogP contribution is -2.26. The number of anilines is 1. The number of aromatic nitrogens is 1. The highest BCUT2D eigenvalue weighted by Gasteiger charge is 2.14. The van der Waals surface area contributed by atoms with Crippen LogP contribution in [-0.2, 0) is 0 Å². The van der Waals surface area contributed by atoms with Gasteiger partial charge in [0.15, 0.2) is 0 Å². The number of benzene rings is 1. The molecule has 92 valence electrons. The summed E-state index contributed by atoms with van der Waals surface area (Å²) >= 11 is 3.27. The fourth-order valence-corrected chi connectivity index (χ4v) is 1.73. The summed E-state index contributed by atoms with van der Waals surface area (Å²) in [5.74, 6) is -0.107. The lowest BCUT2D eigenvalue weighted by molar-refractivity contribution is 0.0988. The molecule has 2 aromatic rings. The Morgan fingerprint density at radius 3 is 2.72 bits per heavy atom. The molecule has 5 heteroatoms. The van der Waals surface area contributed by atoms with Gasteiger partial charge in [-0.05, 0) is 40.2 Å². The number of nitrogens with zero attached hydrogens (tertiary/aromatic N) is 2. The molecule has 1 N–H and O–H groups in total. The third-order valence-electron chi connectivity index (χ3n) is 2.47. The van der Waals surface area contributed by atoms with Crippen molar-refractivity contribution >= 4 is 27.5 Å². The molecule has 4 nitrogen and oxygen atoms in total. The molecule has 1 amide bonds. The van der Waals surface area contributed by atoms with Crippen molar-refractivity contribution in [1.82, 2.24) is 4.98 Å². The molecule has 0 bridgehead atoms. The van der Waals surface area contributed by atoms with Gasteiger partial charge in [-0.3, -0.25) is 4.79 Å². The molecule has 0 aliphatic carbocycles. The summed E-state index contributed by atoms with van der Waals surface area (Å²) in [5, 5.41) is 9.39. The molecule has 0 radical (unpaired) electrons. The zero-order chi connectivity index (χ0) is 13.1. The first-order chi connectivity index (χ1) is 8.58. The predicted molar refractivity (Wildman–Crippen MR) is 72.8 cm³/mol. The van der Waals surface area contributed by atoms with Gasteiger partial charge >= 0.3 is 0 Å². The van der Waals surface area contributed by atoms with Crippen LogP contribution in [0.5, 0.6) is 5.75 Å². The van der Waals surface area contributed by atoms with Crippen LogP contribution in [0, 0.1) is 0 Å². The predicted octanol–water partition coefficient (Wildman–Crippen LogP) is 2.83. The second-order valence-electron chi connectivity index (χ2n) is 3.75. The smallest absolute Gasteiger partial charge is 0.276 e. The molecule has 1 aromatic heterocycles. The number of rotatable bonds is 2. The van der Waals surface area contributed by atoms with E-state index < -0.39 is 0 Å². The zero-order valence-corrected chi connectivity index (χ0v) is 11.3. The normalized spacial score (nSPS) is 10.1. The topological polar surface area (TPSA) is 53.4 Å². The molecule has 0 unspecified atom stereocenters. The largest absolute Gasteiger partial charge is 0.508 e. The van der Waals surface area contributed by atoms with E-state index in [0.717, 1.165) is 4.47 Å². The molecule has 0 aliphatic heterocycles. The van der Waals surface area contributed by atoms with Crippen LogP contribution in [0.3, 0.4) is 0 Å². The van der Waals surface area contributed by atoms with E-state index in [0.29, 0.717) is 11.4 Å². The lowest BCUT2D eigenvalue weighted by Gasteiger charge is -2.16. The van der Waals surface area contributed by atoms with Crippen LogP contribution in [0.2, 0.25) is 0 Å². The minimum atomic E-state index is -0.229. The average molecular weight is 307 g/mol. The Hall–Kier alpha value is -1.88. The fourth-order valence-electron chi connectivity index (χ4n) is 1.49. The number of phenols is 1. The second-order valence-corrected chi connectivity index (χ2v) is 4.66. The van der Waals surface area contributed by atoms with Crippen LogP contribution in [0.25, 0.3) is 0 Å². The van der Waals surface area contributed by atoms with Crippen molar-refractivity contribution in [2.45, 2.75) is 0 Å². The van der Waals surface area contributed by atoms with Crippen molar-refractivity contribution < 1.29 is 9.90 Å². The van der Waals surface area contributed by atoms with E-state index in [1.165, 1.54) is 11.0 Å². The first-order valence-corrected chi connectivity index (χ1v) is 6.06. The van der Waals surface area contributed by atoms with Gasteiger partial charge in [0.05, 0.1) is 0 Å². The van der Waals surface area contributed by atoms with E-state index in [2.05, 4.69) is 20.9 Å². The van der Waals surface area contributed by atoms with Gasteiger partial charge in [-0.25, -0.2) is 4.98 Å². The second kappa shape index (κ2) is 5.18. The van der Waals surface area contributed by atoms with Crippen LogP contribution < -0.4 is 4.90 Å². The van der Waals surface area contributed by atoms with E-state index >= 15 is 0 Å². The number of hydrogen-bond donors (Lipinski definition) is 1. The van der Waals surface area contributed by atoms with Gasteiger partial charge in [0.2, 0.25) is 0 Å². The van der Waals surface area contributed by atoms with Gasteiger partial charge in [0.25, 0.3) is 5.91 Å². The van der Waals surface area contributed by atoms with Crippen molar-refractivity contribution in [3.8, 4) is 5.75 Å². The first-order valence-electron chi connectivity index (χ1n) is 5.26. The molecular formula is C13H11BrN2O2. The average Bonchev–Trinajstić information content (AvgIpc) is 2.38. The summed E-state index contributed by atoms with van der Waals surface area (Å²) in [6, 6.07) is 9.92. The molecule has 0 fully saturated rings. The molecular weight excluding hydrogens is 296 g/mol. The number of amides is 1. The Kier molecular flexibility index (Phi) is 3.62. The maximum absolute atomic E-state index is 12.1. The summed E-state index contributed by atoms with van der Waals surface area (Å²) in [5.41, 5.74) is 0.966. The number of carbonyl (C=O) groups excluding carboxylic acids is 1. The summed E-state index contributed by atoms with van der Waals surface area (Å²) in [7, 11) is 1.64. The molecule has 0 saturated heterocycles. The van der Waals surface area contributed by atoms with Crippen LogP contribution in [0.1, 0.15) is 10.5 Å². The maximum Gasteiger partial charge on any atom is 0.276 e. The number of hydrogen-bond acceptors (Lipinski definition) is 3.